The van der Waals surface area contributed by atoms with E-state index in [0.717, 1.165) is 5.56 Å². The van der Waals surface area contributed by atoms with Crippen molar-refractivity contribution in [1.82, 2.24) is 20.1 Å². The maximum Gasteiger partial charge on any atom is 0.253 e. The van der Waals surface area contributed by atoms with E-state index < -0.39 is 0 Å². The molecule has 180 valence electrons. The summed E-state index contributed by atoms with van der Waals surface area (Å²) in [6.45, 7) is 8.46. The lowest BCUT2D eigenvalue weighted by molar-refractivity contribution is -0.113. The second-order valence-electron chi connectivity index (χ2n) is 8.06. The Balaban J connectivity index is 1.73. The van der Waals surface area contributed by atoms with Crippen LogP contribution in [0.3, 0.4) is 0 Å². The van der Waals surface area contributed by atoms with Crippen LogP contribution in [-0.4, -0.2) is 32.3 Å². The molecule has 0 aliphatic carbocycles. The summed E-state index contributed by atoms with van der Waals surface area (Å²) >= 11 is 13.5. The van der Waals surface area contributed by atoms with Gasteiger partial charge in [-0.05, 0) is 49.6 Å². The Morgan fingerprint density at radius 3 is 2.53 bits per heavy atom. The van der Waals surface area contributed by atoms with Crippen LogP contribution in [0.4, 0.5) is 5.69 Å². The topological polar surface area (TPSA) is 88.9 Å². The van der Waals surface area contributed by atoms with Gasteiger partial charge in [0.05, 0.1) is 22.4 Å². The minimum Gasteiger partial charge on any atom is -0.342 e. The van der Waals surface area contributed by atoms with Crippen LogP contribution in [0.15, 0.2) is 47.6 Å². The largest absolute Gasteiger partial charge is 0.342 e. The van der Waals surface area contributed by atoms with Crippen molar-refractivity contribution >= 4 is 52.5 Å². The smallest absolute Gasteiger partial charge is 0.253 e. The highest BCUT2D eigenvalue weighted by atomic mass is 35.5. The monoisotopic (exact) mass is 519 g/mol. The van der Waals surface area contributed by atoms with Crippen LogP contribution >= 0.6 is 35.0 Å². The van der Waals surface area contributed by atoms with E-state index in [1.54, 1.807) is 36.4 Å². The molecule has 1 heterocycles. The number of anilines is 1. The second-order valence-corrected chi connectivity index (χ2v) is 9.84. The van der Waals surface area contributed by atoms with E-state index in [1.807, 2.05) is 38.3 Å². The van der Waals surface area contributed by atoms with Gasteiger partial charge in [0.1, 0.15) is 0 Å². The fourth-order valence-corrected chi connectivity index (χ4v) is 4.58. The Morgan fingerprint density at radius 1 is 1.12 bits per heavy atom. The minimum absolute atomic E-state index is 0.0490. The number of nitrogens with zero attached hydrogens (tertiary/aromatic N) is 3. The molecule has 0 radical (unpaired) electrons. The summed E-state index contributed by atoms with van der Waals surface area (Å²) in [7, 11) is 0. The van der Waals surface area contributed by atoms with Gasteiger partial charge in [-0.25, -0.2) is 0 Å². The normalized spacial score (nSPS) is 12.0. The highest BCUT2D eigenvalue weighted by Gasteiger charge is 2.26. The summed E-state index contributed by atoms with van der Waals surface area (Å²) < 4.78 is 1.92. The van der Waals surface area contributed by atoms with Crippen LogP contribution in [-0.2, 0) is 11.3 Å². The van der Waals surface area contributed by atoms with Gasteiger partial charge in [0.25, 0.3) is 5.91 Å². The minimum atomic E-state index is -0.381. The first-order valence-electron chi connectivity index (χ1n) is 10.9. The van der Waals surface area contributed by atoms with Crippen LogP contribution in [0, 0.1) is 12.8 Å². The highest BCUT2D eigenvalue weighted by molar-refractivity contribution is 7.99. The van der Waals surface area contributed by atoms with Crippen molar-refractivity contribution in [2.45, 2.75) is 45.4 Å². The summed E-state index contributed by atoms with van der Waals surface area (Å²) in [5, 5.41) is 16.1. The molecule has 0 unspecified atom stereocenters. The molecule has 0 aliphatic heterocycles. The first kappa shape index (κ1) is 26.1. The maximum absolute atomic E-state index is 12.9. The Bertz CT molecular complexity index is 1180. The lowest BCUT2D eigenvalue weighted by Gasteiger charge is -2.22. The van der Waals surface area contributed by atoms with Crippen LogP contribution in [0.25, 0.3) is 0 Å². The van der Waals surface area contributed by atoms with E-state index >= 15 is 0 Å². The number of amides is 2. The third kappa shape index (κ3) is 6.31. The van der Waals surface area contributed by atoms with Crippen LogP contribution in [0.5, 0.6) is 0 Å². The Labute approximate surface area is 213 Å². The molecule has 7 nitrogen and oxygen atoms in total. The first-order chi connectivity index (χ1) is 16.2. The zero-order valence-corrected chi connectivity index (χ0v) is 21.8. The molecule has 0 saturated heterocycles. The molecule has 2 aromatic carbocycles. The predicted octanol–water partition coefficient (Wildman–Crippen LogP) is 5.77. The third-order valence-corrected chi connectivity index (χ3v) is 6.75. The van der Waals surface area contributed by atoms with Gasteiger partial charge < -0.3 is 15.2 Å². The average Bonchev–Trinajstić information content (AvgIpc) is 3.21. The number of aryl methyl sites for hydroxylation is 1. The van der Waals surface area contributed by atoms with Crippen molar-refractivity contribution in [2.24, 2.45) is 5.92 Å². The fraction of sp³-hybridized carbons (Fsp3) is 0.333. The number of aromatic nitrogens is 3. The summed E-state index contributed by atoms with van der Waals surface area (Å²) in [6.07, 6.45) is 0. The Hall–Kier alpha value is -2.55. The van der Waals surface area contributed by atoms with Gasteiger partial charge in [-0.1, -0.05) is 67.0 Å². The lowest BCUT2D eigenvalue weighted by atomic mass is 10.0. The predicted molar refractivity (Wildman–Crippen MR) is 138 cm³/mol. The van der Waals surface area contributed by atoms with Crippen molar-refractivity contribution < 1.29 is 9.59 Å². The van der Waals surface area contributed by atoms with Gasteiger partial charge in [-0.3, -0.25) is 9.59 Å². The molecule has 10 heteroatoms. The van der Waals surface area contributed by atoms with E-state index in [2.05, 4.69) is 20.8 Å². The number of carbonyl (C=O) groups is 2. The molecule has 0 spiro atoms. The molecule has 0 fully saturated rings. The van der Waals surface area contributed by atoms with E-state index in [1.165, 1.54) is 11.8 Å². The molecule has 0 saturated carbocycles. The first-order valence-corrected chi connectivity index (χ1v) is 12.6. The second kappa shape index (κ2) is 11.7. The van der Waals surface area contributed by atoms with E-state index in [-0.39, 0.29) is 29.5 Å². The zero-order chi connectivity index (χ0) is 24.8. The van der Waals surface area contributed by atoms with Crippen molar-refractivity contribution in [3.8, 4) is 0 Å². The molecule has 2 N–H and O–H groups in total. The molecule has 0 bridgehead atoms. The molecular weight excluding hydrogens is 493 g/mol. The molecule has 3 rings (SSSR count). The van der Waals surface area contributed by atoms with E-state index in [0.29, 0.717) is 38.8 Å². The average molecular weight is 520 g/mol. The van der Waals surface area contributed by atoms with Crippen molar-refractivity contribution in [3.63, 3.8) is 0 Å². The highest BCUT2D eigenvalue weighted by Crippen LogP contribution is 2.27. The van der Waals surface area contributed by atoms with Gasteiger partial charge in [0.2, 0.25) is 5.91 Å². The number of hydrogen-bond acceptors (Lipinski definition) is 5. The summed E-state index contributed by atoms with van der Waals surface area (Å²) in [4.78, 5) is 25.4. The molecular formula is C24H27Cl2N5O2S. The molecule has 3 aromatic rings. The number of nitrogens with one attached hydrogen (secondary N) is 2. The lowest BCUT2D eigenvalue weighted by Crippen LogP contribution is -2.34. The van der Waals surface area contributed by atoms with Crippen molar-refractivity contribution in [3.05, 3.63) is 69.5 Å². The SMILES string of the molecule is CCn1c(SCC(=O)Nc2cc(Cl)ccc2C)nnc1[C@@H](NC(=O)c1ccccc1Cl)C(C)C. The van der Waals surface area contributed by atoms with Crippen LogP contribution in [0.2, 0.25) is 10.0 Å². The van der Waals surface area contributed by atoms with E-state index in [4.69, 9.17) is 23.2 Å². The number of benzene rings is 2. The maximum atomic E-state index is 12.9. The zero-order valence-electron chi connectivity index (χ0n) is 19.4. The standard InChI is InChI=1S/C24H27Cl2N5O2S/c1-5-31-22(21(14(2)3)28-23(33)17-8-6-7-9-18(17)26)29-30-24(31)34-13-20(32)27-19-12-16(25)11-10-15(19)4/h6-12,14,21H,5,13H2,1-4H3,(H,27,32)(H,28,33)/t21-/m0/s1. The number of halogens is 2. The molecule has 0 aliphatic rings. The number of hydrogen-bond donors (Lipinski definition) is 2. The van der Waals surface area contributed by atoms with Crippen molar-refractivity contribution in [2.75, 3.05) is 11.1 Å². The molecule has 1 atom stereocenters. The number of carbonyl (C=O) groups excluding carboxylic acids is 2. The Kier molecular flexibility index (Phi) is 8.99. The Morgan fingerprint density at radius 2 is 1.85 bits per heavy atom. The van der Waals surface area contributed by atoms with Crippen LogP contribution < -0.4 is 10.6 Å². The molecule has 2 amide bonds. The third-order valence-electron chi connectivity index (χ3n) is 5.22. The summed E-state index contributed by atoms with van der Waals surface area (Å²) in [5.41, 5.74) is 2.01. The van der Waals surface area contributed by atoms with E-state index in [9.17, 15) is 9.59 Å². The summed E-state index contributed by atoms with van der Waals surface area (Å²) in [5.74, 6) is 0.386. The van der Waals surface area contributed by atoms with Gasteiger partial charge in [-0.15, -0.1) is 10.2 Å². The quantitative estimate of drug-likeness (QED) is 0.350. The van der Waals surface area contributed by atoms with Crippen LogP contribution in [0.1, 0.15) is 48.6 Å². The van der Waals surface area contributed by atoms with Crippen molar-refractivity contribution in [1.29, 1.82) is 0 Å². The molecule has 34 heavy (non-hydrogen) atoms. The number of rotatable bonds is 9. The number of thioether (sulfide) groups is 1. The fourth-order valence-electron chi connectivity index (χ4n) is 3.37. The van der Waals surface area contributed by atoms with Gasteiger partial charge in [0, 0.05) is 17.3 Å². The molecule has 1 aromatic heterocycles. The summed E-state index contributed by atoms with van der Waals surface area (Å²) in [6, 6.07) is 11.9. The van der Waals surface area contributed by atoms with Gasteiger partial charge >= 0.3 is 0 Å². The van der Waals surface area contributed by atoms with Gasteiger partial charge in [-0.2, -0.15) is 0 Å². The van der Waals surface area contributed by atoms with Gasteiger partial charge in [0.15, 0.2) is 11.0 Å².